The first-order valence-electron chi connectivity index (χ1n) is 4.08. The van der Waals surface area contributed by atoms with Crippen molar-refractivity contribution in [1.82, 2.24) is 4.98 Å². The average Bonchev–Trinajstić information content (AvgIpc) is 2.65. The third kappa shape index (κ3) is 2.20. The first kappa shape index (κ1) is 10.6. The number of aromatic nitrogens is 1. The van der Waals surface area contributed by atoms with Gasteiger partial charge in [-0.15, -0.1) is 11.3 Å². The molecule has 2 aromatic heterocycles. The monoisotopic (exact) mass is 257 g/mol. The van der Waals surface area contributed by atoms with E-state index < -0.39 is 0 Å². The summed E-state index contributed by atoms with van der Waals surface area (Å²) in [5.41, 5.74) is 0.830. The Labute approximate surface area is 100 Å². The molecule has 2 heterocycles. The van der Waals surface area contributed by atoms with Crippen LogP contribution in [0, 0.1) is 0 Å². The van der Waals surface area contributed by atoms with Crippen molar-refractivity contribution in [3.63, 3.8) is 0 Å². The fraction of sp³-hybridized carbons (Fsp3) is 0. The minimum absolute atomic E-state index is 0.182. The highest BCUT2D eigenvalue weighted by Gasteiger charge is 2.14. The van der Waals surface area contributed by atoms with Crippen LogP contribution in [0.2, 0.25) is 9.36 Å². The van der Waals surface area contributed by atoms with Crippen LogP contribution in [0.1, 0.15) is 16.1 Å². The number of hydrogen-bond donors (Lipinski definition) is 0. The number of thiophene rings is 1. The number of carbonyl (C=O) groups excluding carboxylic acids is 1. The van der Waals surface area contributed by atoms with Crippen LogP contribution in [-0.4, -0.2) is 10.8 Å². The third-order valence-electron chi connectivity index (χ3n) is 1.82. The number of nitrogens with zero attached hydrogens (tertiary/aromatic N) is 1. The van der Waals surface area contributed by atoms with Crippen molar-refractivity contribution in [3.8, 4) is 0 Å². The highest BCUT2D eigenvalue weighted by atomic mass is 35.5. The molecule has 2 aromatic rings. The Kier molecular flexibility index (Phi) is 3.05. The van der Waals surface area contributed by atoms with E-state index in [2.05, 4.69) is 4.98 Å². The molecule has 2 nitrogen and oxygen atoms in total. The van der Waals surface area contributed by atoms with Crippen molar-refractivity contribution >= 4 is 40.3 Å². The highest BCUT2D eigenvalue weighted by Crippen LogP contribution is 2.24. The Morgan fingerprint density at radius 1 is 1.27 bits per heavy atom. The molecule has 5 heteroatoms. The summed E-state index contributed by atoms with van der Waals surface area (Å²) in [7, 11) is 0. The van der Waals surface area contributed by atoms with Crippen molar-refractivity contribution < 1.29 is 4.79 Å². The quantitative estimate of drug-likeness (QED) is 0.769. The fourth-order valence-corrected chi connectivity index (χ4v) is 2.13. The second kappa shape index (κ2) is 4.31. The molecule has 15 heavy (non-hydrogen) atoms. The van der Waals surface area contributed by atoms with Crippen molar-refractivity contribution in [1.29, 1.82) is 0 Å². The molecule has 76 valence electrons. The first-order chi connectivity index (χ1) is 7.18. The number of carbonyl (C=O) groups is 1. The molecular formula is C10H5Cl2NOS. The second-order valence-corrected chi connectivity index (χ2v) is 4.75. The van der Waals surface area contributed by atoms with Crippen LogP contribution < -0.4 is 0 Å². The zero-order chi connectivity index (χ0) is 10.8. The van der Waals surface area contributed by atoms with E-state index in [1.807, 2.05) is 0 Å². The maximum absolute atomic E-state index is 11.9. The molecule has 0 aromatic carbocycles. The normalized spacial score (nSPS) is 10.3. The summed E-state index contributed by atoms with van der Waals surface area (Å²) in [5.74, 6) is -0.182. The summed E-state index contributed by atoms with van der Waals surface area (Å²) in [4.78, 5) is 15.8. The minimum atomic E-state index is -0.182. The van der Waals surface area contributed by atoms with Crippen LogP contribution >= 0.6 is 34.5 Å². The van der Waals surface area contributed by atoms with Gasteiger partial charge in [-0.3, -0.25) is 9.78 Å². The van der Waals surface area contributed by atoms with Crippen molar-refractivity contribution in [2.24, 2.45) is 0 Å². The number of pyridine rings is 1. The van der Waals surface area contributed by atoms with Crippen molar-refractivity contribution in [2.45, 2.75) is 0 Å². The zero-order valence-corrected chi connectivity index (χ0v) is 9.73. The van der Waals surface area contributed by atoms with Crippen LogP contribution in [0.3, 0.4) is 0 Å². The first-order valence-corrected chi connectivity index (χ1v) is 5.71. The van der Waals surface area contributed by atoms with Crippen molar-refractivity contribution in [2.75, 3.05) is 0 Å². The van der Waals surface area contributed by atoms with Crippen LogP contribution in [0.15, 0.2) is 29.8 Å². The van der Waals surface area contributed by atoms with E-state index >= 15 is 0 Å². The summed E-state index contributed by atoms with van der Waals surface area (Å²) < 4.78 is 0.483. The second-order valence-electron chi connectivity index (χ2n) is 2.80. The van der Waals surface area contributed by atoms with Gasteiger partial charge < -0.3 is 0 Å². The van der Waals surface area contributed by atoms with E-state index in [9.17, 15) is 4.79 Å². The zero-order valence-electron chi connectivity index (χ0n) is 7.41. The summed E-state index contributed by atoms with van der Waals surface area (Å²) in [6, 6.07) is 4.90. The van der Waals surface area contributed by atoms with Gasteiger partial charge in [-0.05, 0) is 23.6 Å². The number of ketones is 1. The van der Waals surface area contributed by atoms with E-state index in [0.29, 0.717) is 20.6 Å². The van der Waals surface area contributed by atoms with Gasteiger partial charge >= 0.3 is 0 Å². The number of halogens is 2. The lowest BCUT2D eigenvalue weighted by atomic mass is 10.1. The third-order valence-corrected chi connectivity index (χ3v) is 3.22. The van der Waals surface area contributed by atoms with Gasteiger partial charge in [-0.25, -0.2) is 0 Å². The Bertz CT molecular complexity index is 492. The number of rotatable bonds is 2. The lowest BCUT2D eigenvalue weighted by molar-refractivity contribution is 0.103. The summed E-state index contributed by atoms with van der Waals surface area (Å²) >= 11 is 12.9. The summed E-state index contributed by atoms with van der Waals surface area (Å²) in [6.45, 7) is 0. The molecule has 0 saturated carbocycles. The molecule has 0 fully saturated rings. The fourth-order valence-electron chi connectivity index (χ4n) is 1.10. The Balaban J connectivity index is 2.37. The minimum Gasteiger partial charge on any atom is -0.287 e. The molecule has 0 N–H and O–H groups in total. The largest absolute Gasteiger partial charge is 0.287 e. The van der Waals surface area contributed by atoms with Crippen LogP contribution in [0.4, 0.5) is 0 Å². The average molecular weight is 258 g/mol. The predicted octanol–water partition coefficient (Wildman–Crippen LogP) is 3.68. The molecule has 0 spiro atoms. The van der Waals surface area contributed by atoms with E-state index in [4.69, 9.17) is 23.2 Å². The van der Waals surface area contributed by atoms with Gasteiger partial charge in [0.1, 0.15) is 10.0 Å². The van der Waals surface area contributed by atoms with Gasteiger partial charge in [0.25, 0.3) is 0 Å². The van der Waals surface area contributed by atoms with Crippen LogP contribution in [0.5, 0.6) is 0 Å². The molecule has 0 radical (unpaired) electrons. The lowest BCUT2D eigenvalue weighted by Crippen LogP contribution is -2.02. The van der Waals surface area contributed by atoms with E-state index in [1.165, 1.54) is 17.5 Å². The summed E-state index contributed by atoms with van der Waals surface area (Å²) in [6.07, 6.45) is 1.44. The van der Waals surface area contributed by atoms with Crippen LogP contribution in [0.25, 0.3) is 0 Å². The van der Waals surface area contributed by atoms with Gasteiger partial charge in [-0.2, -0.15) is 0 Å². The Hall–Kier alpha value is -0.900. The summed E-state index contributed by atoms with van der Waals surface area (Å²) in [5, 5.41) is 2.27. The molecule has 0 aliphatic heterocycles. The Morgan fingerprint density at radius 3 is 2.60 bits per heavy atom. The van der Waals surface area contributed by atoms with E-state index in [-0.39, 0.29) is 5.78 Å². The maximum Gasteiger partial charge on any atom is 0.213 e. The molecule has 0 aliphatic carbocycles. The van der Waals surface area contributed by atoms with Crippen molar-refractivity contribution in [3.05, 3.63) is 50.4 Å². The predicted molar refractivity (Wildman–Crippen MR) is 62.0 cm³/mol. The highest BCUT2D eigenvalue weighted by molar-refractivity contribution is 7.14. The maximum atomic E-state index is 11.9. The topological polar surface area (TPSA) is 30.0 Å². The van der Waals surface area contributed by atoms with Gasteiger partial charge in [0.2, 0.25) is 5.78 Å². The SMILES string of the molecule is O=C(c1ccc(Cl)cn1)c1ccsc1Cl. The smallest absolute Gasteiger partial charge is 0.213 e. The van der Waals surface area contributed by atoms with Gasteiger partial charge in [-0.1, -0.05) is 23.2 Å². The molecule has 2 rings (SSSR count). The molecular weight excluding hydrogens is 253 g/mol. The van der Waals surface area contributed by atoms with E-state index in [1.54, 1.807) is 23.6 Å². The number of hydrogen-bond acceptors (Lipinski definition) is 3. The molecule has 0 unspecified atom stereocenters. The molecule has 0 aliphatic rings. The lowest BCUT2D eigenvalue weighted by Gasteiger charge is -1.98. The van der Waals surface area contributed by atoms with Gasteiger partial charge in [0.05, 0.1) is 10.6 Å². The van der Waals surface area contributed by atoms with Gasteiger partial charge in [0.15, 0.2) is 0 Å². The standard InChI is InChI=1S/C10H5Cl2NOS/c11-6-1-2-8(13-5-6)9(14)7-3-4-15-10(7)12/h1-5H. The molecule has 0 atom stereocenters. The van der Waals surface area contributed by atoms with Crippen LogP contribution in [-0.2, 0) is 0 Å². The van der Waals surface area contributed by atoms with E-state index in [0.717, 1.165) is 0 Å². The Morgan fingerprint density at radius 2 is 2.07 bits per heavy atom. The molecule has 0 bridgehead atoms. The molecule has 0 amide bonds. The molecule has 0 saturated heterocycles. The van der Waals surface area contributed by atoms with Gasteiger partial charge in [0, 0.05) is 6.20 Å².